The summed E-state index contributed by atoms with van der Waals surface area (Å²) in [5, 5.41) is 9.49. The van der Waals surface area contributed by atoms with Gasteiger partial charge in [0.05, 0.1) is 5.92 Å². The lowest BCUT2D eigenvalue weighted by molar-refractivity contribution is -0.141. The number of nitrogens with zero attached hydrogens (tertiary/aromatic N) is 2. The van der Waals surface area contributed by atoms with E-state index in [4.69, 9.17) is 0 Å². The number of aliphatic carboxylic acids is 1. The number of carboxylic acid groups (broad SMARTS) is 1. The van der Waals surface area contributed by atoms with Crippen LogP contribution in [-0.2, 0) is 4.79 Å². The first kappa shape index (κ1) is 16.3. The topological polar surface area (TPSA) is 53.4 Å². The van der Waals surface area contributed by atoms with Gasteiger partial charge in [0, 0.05) is 37.9 Å². The van der Waals surface area contributed by atoms with Gasteiger partial charge in [-0.25, -0.2) is 4.39 Å². The Morgan fingerprint density at radius 2 is 2.08 bits per heavy atom. The van der Waals surface area contributed by atoms with Crippen LogP contribution in [0.5, 0.6) is 0 Å². The van der Waals surface area contributed by atoms with E-state index in [2.05, 4.69) is 9.88 Å². The van der Waals surface area contributed by atoms with Crippen LogP contribution in [0.25, 0.3) is 6.08 Å². The van der Waals surface area contributed by atoms with Crippen molar-refractivity contribution in [3.8, 4) is 0 Å². The van der Waals surface area contributed by atoms with Crippen LogP contribution in [0.15, 0.2) is 54.9 Å². The van der Waals surface area contributed by atoms with Gasteiger partial charge in [-0.2, -0.15) is 0 Å². The second-order valence-electron chi connectivity index (χ2n) is 6.01. The predicted octanol–water partition coefficient (Wildman–Crippen LogP) is 3.03. The van der Waals surface area contributed by atoms with Crippen LogP contribution in [0.2, 0.25) is 0 Å². The molecule has 1 aromatic heterocycles. The van der Waals surface area contributed by atoms with E-state index >= 15 is 0 Å². The van der Waals surface area contributed by atoms with Crippen molar-refractivity contribution in [3.63, 3.8) is 0 Å². The number of aromatic nitrogens is 1. The number of hydrogen-bond donors (Lipinski definition) is 1. The van der Waals surface area contributed by atoms with E-state index in [0.29, 0.717) is 19.6 Å². The lowest BCUT2D eigenvalue weighted by Gasteiger charge is -2.14. The number of carbonyl (C=O) groups is 1. The second-order valence-corrected chi connectivity index (χ2v) is 6.01. The summed E-state index contributed by atoms with van der Waals surface area (Å²) in [5.41, 5.74) is 1.89. The summed E-state index contributed by atoms with van der Waals surface area (Å²) in [6, 6.07) is 10.1. The molecule has 0 radical (unpaired) electrons. The first-order valence-corrected chi connectivity index (χ1v) is 7.90. The number of carboxylic acids is 1. The van der Waals surface area contributed by atoms with Crippen LogP contribution in [0.4, 0.5) is 4.39 Å². The summed E-state index contributed by atoms with van der Waals surface area (Å²) >= 11 is 0. The van der Waals surface area contributed by atoms with Crippen LogP contribution in [0.1, 0.15) is 17.0 Å². The number of hydrogen-bond acceptors (Lipinski definition) is 3. The molecular formula is C19H19FN2O2. The minimum absolute atomic E-state index is 0.0459. The Morgan fingerprint density at radius 1 is 1.29 bits per heavy atom. The van der Waals surface area contributed by atoms with Gasteiger partial charge in [0.2, 0.25) is 0 Å². The summed E-state index contributed by atoms with van der Waals surface area (Å²) in [6.07, 6.45) is 7.35. The first-order chi connectivity index (χ1) is 11.6. The minimum Gasteiger partial charge on any atom is -0.481 e. The first-order valence-electron chi connectivity index (χ1n) is 7.90. The third-order valence-electron chi connectivity index (χ3n) is 4.37. The van der Waals surface area contributed by atoms with Gasteiger partial charge in [-0.3, -0.25) is 14.7 Å². The van der Waals surface area contributed by atoms with Crippen molar-refractivity contribution in [1.29, 1.82) is 0 Å². The average Bonchev–Trinajstić information content (AvgIpc) is 3.02. The van der Waals surface area contributed by atoms with Crippen LogP contribution >= 0.6 is 0 Å². The second kappa shape index (κ2) is 7.36. The lowest BCUT2D eigenvalue weighted by atomic mass is 9.90. The summed E-state index contributed by atoms with van der Waals surface area (Å²) in [4.78, 5) is 17.8. The molecule has 1 fully saturated rings. The van der Waals surface area contributed by atoms with E-state index in [1.54, 1.807) is 24.5 Å². The molecule has 4 nitrogen and oxygen atoms in total. The SMILES string of the molecule is O=C(O)[C@@H]1CN(C/C=C/c2ccc(F)cc2)C[C@H]1c1cccnc1. The van der Waals surface area contributed by atoms with Gasteiger partial charge < -0.3 is 5.11 Å². The number of rotatable bonds is 5. The zero-order valence-corrected chi connectivity index (χ0v) is 13.2. The maximum Gasteiger partial charge on any atom is 0.308 e. The Kier molecular flexibility index (Phi) is 5.01. The largest absolute Gasteiger partial charge is 0.481 e. The molecule has 1 aliphatic heterocycles. The third-order valence-corrected chi connectivity index (χ3v) is 4.37. The summed E-state index contributed by atoms with van der Waals surface area (Å²) in [6.45, 7) is 1.87. The molecule has 3 rings (SSSR count). The van der Waals surface area contributed by atoms with E-state index in [1.807, 2.05) is 24.3 Å². The molecule has 5 heteroatoms. The minimum atomic E-state index is -0.770. The molecule has 1 aromatic carbocycles. The Balaban J connectivity index is 1.65. The fraction of sp³-hybridized carbons (Fsp3) is 0.263. The maximum atomic E-state index is 12.9. The highest BCUT2D eigenvalue weighted by Gasteiger charge is 2.38. The van der Waals surface area contributed by atoms with Gasteiger partial charge >= 0.3 is 5.97 Å². The molecule has 0 spiro atoms. The van der Waals surface area contributed by atoms with Crippen molar-refractivity contribution in [1.82, 2.24) is 9.88 Å². The molecule has 0 saturated carbocycles. The van der Waals surface area contributed by atoms with Crippen molar-refractivity contribution in [2.75, 3.05) is 19.6 Å². The number of halogens is 1. The van der Waals surface area contributed by atoms with Gasteiger partial charge in [-0.15, -0.1) is 0 Å². The molecule has 24 heavy (non-hydrogen) atoms. The molecule has 0 amide bonds. The molecule has 1 saturated heterocycles. The zero-order valence-electron chi connectivity index (χ0n) is 13.2. The van der Waals surface area contributed by atoms with Crippen LogP contribution in [0, 0.1) is 11.7 Å². The smallest absolute Gasteiger partial charge is 0.308 e. The molecule has 0 unspecified atom stereocenters. The molecule has 2 heterocycles. The van der Waals surface area contributed by atoms with Crippen molar-refractivity contribution in [2.45, 2.75) is 5.92 Å². The predicted molar refractivity (Wildman–Crippen MR) is 90.0 cm³/mol. The number of pyridine rings is 1. The van der Waals surface area contributed by atoms with E-state index in [0.717, 1.165) is 11.1 Å². The average molecular weight is 326 g/mol. The van der Waals surface area contributed by atoms with Crippen molar-refractivity contribution in [3.05, 3.63) is 71.8 Å². The van der Waals surface area contributed by atoms with E-state index < -0.39 is 11.9 Å². The highest BCUT2D eigenvalue weighted by molar-refractivity contribution is 5.72. The molecule has 2 aromatic rings. The van der Waals surface area contributed by atoms with Gasteiger partial charge in [-0.1, -0.05) is 30.4 Å². The zero-order chi connectivity index (χ0) is 16.9. The molecule has 0 aliphatic carbocycles. The highest BCUT2D eigenvalue weighted by atomic mass is 19.1. The Hall–Kier alpha value is -2.53. The number of benzene rings is 1. The van der Waals surface area contributed by atoms with Gasteiger partial charge in [0.15, 0.2) is 0 Å². The lowest BCUT2D eigenvalue weighted by Crippen LogP contribution is -2.23. The van der Waals surface area contributed by atoms with E-state index in [-0.39, 0.29) is 11.7 Å². The highest BCUT2D eigenvalue weighted by Crippen LogP contribution is 2.32. The summed E-state index contributed by atoms with van der Waals surface area (Å²) in [7, 11) is 0. The van der Waals surface area contributed by atoms with Crippen LogP contribution in [0.3, 0.4) is 0 Å². The molecular weight excluding hydrogens is 307 g/mol. The number of likely N-dealkylation sites (tertiary alicyclic amines) is 1. The fourth-order valence-electron chi connectivity index (χ4n) is 3.13. The summed E-state index contributed by atoms with van der Waals surface area (Å²) in [5.74, 6) is -1.49. The quantitative estimate of drug-likeness (QED) is 0.917. The molecule has 124 valence electrons. The molecule has 1 N–H and O–H groups in total. The van der Waals surface area contributed by atoms with Crippen LogP contribution < -0.4 is 0 Å². The van der Waals surface area contributed by atoms with Crippen molar-refractivity contribution >= 4 is 12.0 Å². The van der Waals surface area contributed by atoms with Gasteiger partial charge in [-0.05, 0) is 29.3 Å². The molecule has 1 aliphatic rings. The van der Waals surface area contributed by atoms with Crippen molar-refractivity contribution in [2.24, 2.45) is 5.92 Å². The Labute approximate surface area is 140 Å². The van der Waals surface area contributed by atoms with Gasteiger partial charge in [0.1, 0.15) is 5.82 Å². The monoisotopic (exact) mass is 326 g/mol. The fourth-order valence-corrected chi connectivity index (χ4v) is 3.13. The van der Waals surface area contributed by atoms with Crippen molar-refractivity contribution < 1.29 is 14.3 Å². The Morgan fingerprint density at radius 3 is 2.75 bits per heavy atom. The van der Waals surface area contributed by atoms with E-state index in [9.17, 15) is 14.3 Å². The molecule has 0 bridgehead atoms. The van der Waals surface area contributed by atoms with Gasteiger partial charge in [0.25, 0.3) is 0 Å². The van der Waals surface area contributed by atoms with E-state index in [1.165, 1.54) is 12.1 Å². The molecule has 2 atom stereocenters. The normalized spacial score (nSPS) is 21.4. The Bertz CT molecular complexity index is 716. The third kappa shape index (κ3) is 3.86. The standard InChI is InChI=1S/C19H19FN2O2/c20-16-7-5-14(6-8-16)3-2-10-22-12-17(18(13-22)19(23)24)15-4-1-9-21-11-15/h1-9,11,17-18H,10,12-13H2,(H,23,24)/b3-2+/t17-,18+/m0/s1. The summed E-state index contributed by atoms with van der Waals surface area (Å²) < 4.78 is 12.9. The van der Waals surface area contributed by atoms with Crippen LogP contribution in [-0.4, -0.2) is 40.6 Å². The maximum absolute atomic E-state index is 12.9.